The average molecular weight is 344 g/mol. The average Bonchev–Trinajstić information content (AvgIpc) is 3.01. The first kappa shape index (κ1) is 19.0. The highest BCUT2D eigenvalue weighted by Gasteiger charge is 2.28. The van der Waals surface area contributed by atoms with Crippen LogP contribution in [0.3, 0.4) is 0 Å². The van der Waals surface area contributed by atoms with E-state index in [1.165, 1.54) is 57.9 Å². The Balaban J connectivity index is 0.00000192. The molecule has 23 heavy (non-hydrogen) atoms. The van der Waals surface area contributed by atoms with E-state index in [2.05, 4.69) is 10.2 Å². The highest BCUT2D eigenvalue weighted by Crippen LogP contribution is 2.32. The highest BCUT2D eigenvalue weighted by molar-refractivity contribution is 5.85. The maximum absolute atomic E-state index is 12.3. The fraction of sp³-hybridized carbons (Fsp3) is 0.944. The summed E-state index contributed by atoms with van der Waals surface area (Å²) in [6.45, 7) is 5.90. The van der Waals surface area contributed by atoms with Crippen molar-refractivity contribution in [3.8, 4) is 0 Å². The fourth-order valence-corrected chi connectivity index (χ4v) is 4.58. The molecule has 2 heterocycles. The Morgan fingerprint density at radius 2 is 1.70 bits per heavy atom. The number of piperazine rings is 1. The Morgan fingerprint density at radius 1 is 0.957 bits per heavy atom. The van der Waals surface area contributed by atoms with Crippen LogP contribution in [0, 0.1) is 5.92 Å². The highest BCUT2D eigenvalue weighted by atomic mass is 35.5. The Bertz CT molecular complexity index is 354. The zero-order valence-electron chi connectivity index (χ0n) is 14.5. The van der Waals surface area contributed by atoms with Crippen molar-refractivity contribution in [3.63, 3.8) is 0 Å². The van der Waals surface area contributed by atoms with Gasteiger partial charge in [-0.2, -0.15) is 0 Å². The van der Waals surface area contributed by atoms with Crippen molar-refractivity contribution in [2.45, 2.75) is 63.8 Å². The SMILES string of the molecule is Cl.O=C(CCN1CCCC1CC1CCCCC1)N1CCNCC1. The van der Waals surface area contributed by atoms with Gasteiger partial charge in [0.05, 0.1) is 0 Å². The van der Waals surface area contributed by atoms with Gasteiger partial charge in [0.25, 0.3) is 0 Å². The van der Waals surface area contributed by atoms with Crippen molar-refractivity contribution in [3.05, 3.63) is 0 Å². The van der Waals surface area contributed by atoms with Gasteiger partial charge in [-0.1, -0.05) is 32.1 Å². The molecule has 134 valence electrons. The third-order valence-corrected chi connectivity index (χ3v) is 5.91. The number of carbonyl (C=O) groups is 1. The Kier molecular flexibility index (Phi) is 8.14. The quantitative estimate of drug-likeness (QED) is 0.833. The first-order valence-corrected chi connectivity index (χ1v) is 9.55. The minimum Gasteiger partial charge on any atom is -0.340 e. The van der Waals surface area contributed by atoms with E-state index < -0.39 is 0 Å². The first-order chi connectivity index (χ1) is 10.8. The van der Waals surface area contributed by atoms with Crippen molar-refractivity contribution in [2.24, 2.45) is 5.92 Å². The molecule has 2 saturated heterocycles. The molecule has 1 saturated carbocycles. The smallest absolute Gasteiger partial charge is 0.223 e. The van der Waals surface area contributed by atoms with Gasteiger partial charge in [0.1, 0.15) is 0 Å². The van der Waals surface area contributed by atoms with Gasteiger partial charge in [-0.25, -0.2) is 0 Å². The number of likely N-dealkylation sites (tertiary alicyclic amines) is 1. The third-order valence-electron chi connectivity index (χ3n) is 5.91. The number of hydrogen-bond donors (Lipinski definition) is 1. The number of rotatable bonds is 5. The van der Waals surface area contributed by atoms with Gasteiger partial charge in [0, 0.05) is 45.2 Å². The molecule has 0 aromatic heterocycles. The van der Waals surface area contributed by atoms with Crippen LogP contribution in [0.1, 0.15) is 57.8 Å². The van der Waals surface area contributed by atoms with Gasteiger partial charge < -0.3 is 10.2 Å². The zero-order chi connectivity index (χ0) is 15.2. The summed E-state index contributed by atoms with van der Waals surface area (Å²) in [6.07, 6.45) is 12.0. The summed E-state index contributed by atoms with van der Waals surface area (Å²) in [5, 5.41) is 3.32. The minimum atomic E-state index is 0. The monoisotopic (exact) mass is 343 g/mol. The summed E-state index contributed by atoms with van der Waals surface area (Å²) in [4.78, 5) is 17.0. The molecule has 1 aliphatic carbocycles. The normalized spacial score (nSPS) is 27.0. The van der Waals surface area contributed by atoms with Gasteiger partial charge >= 0.3 is 0 Å². The molecule has 3 rings (SSSR count). The molecule has 0 bridgehead atoms. The van der Waals surface area contributed by atoms with Crippen LogP contribution >= 0.6 is 12.4 Å². The number of amides is 1. The number of carbonyl (C=O) groups excluding carboxylic acids is 1. The van der Waals surface area contributed by atoms with Gasteiger partial charge in [0.2, 0.25) is 5.91 Å². The Hall–Kier alpha value is -0.320. The maximum Gasteiger partial charge on any atom is 0.223 e. The molecule has 3 fully saturated rings. The molecular weight excluding hydrogens is 310 g/mol. The molecular formula is C18H34ClN3O. The second-order valence-corrected chi connectivity index (χ2v) is 7.45. The van der Waals surface area contributed by atoms with Crippen molar-refractivity contribution < 1.29 is 4.79 Å². The predicted molar refractivity (Wildman–Crippen MR) is 97.1 cm³/mol. The lowest BCUT2D eigenvalue weighted by Gasteiger charge is -2.31. The van der Waals surface area contributed by atoms with Crippen LogP contribution in [0.4, 0.5) is 0 Å². The van der Waals surface area contributed by atoms with Crippen molar-refractivity contribution in [1.29, 1.82) is 0 Å². The predicted octanol–water partition coefficient (Wildman–Crippen LogP) is 2.66. The molecule has 1 N–H and O–H groups in total. The van der Waals surface area contributed by atoms with Crippen LogP contribution in [-0.2, 0) is 4.79 Å². The largest absolute Gasteiger partial charge is 0.340 e. The van der Waals surface area contributed by atoms with Crippen molar-refractivity contribution in [1.82, 2.24) is 15.1 Å². The number of hydrogen-bond acceptors (Lipinski definition) is 3. The van der Waals surface area contributed by atoms with Crippen molar-refractivity contribution >= 4 is 18.3 Å². The van der Waals surface area contributed by atoms with E-state index in [0.717, 1.165) is 51.1 Å². The number of halogens is 1. The molecule has 3 aliphatic rings. The Morgan fingerprint density at radius 3 is 2.43 bits per heavy atom. The van der Waals surface area contributed by atoms with Crippen LogP contribution < -0.4 is 5.32 Å². The van der Waals surface area contributed by atoms with Gasteiger partial charge in [-0.05, 0) is 31.7 Å². The summed E-state index contributed by atoms with van der Waals surface area (Å²) in [7, 11) is 0. The van der Waals surface area contributed by atoms with Crippen LogP contribution in [0.2, 0.25) is 0 Å². The second kappa shape index (κ2) is 9.85. The Labute approximate surface area is 147 Å². The van der Waals surface area contributed by atoms with E-state index in [0.29, 0.717) is 5.91 Å². The maximum atomic E-state index is 12.3. The zero-order valence-corrected chi connectivity index (χ0v) is 15.3. The summed E-state index contributed by atoms with van der Waals surface area (Å²) in [5.41, 5.74) is 0. The lowest BCUT2D eigenvalue weighted by atomic mass is 9.84. The molecule has 1 unspecified atom stereocenters. The lowest BCUT2D eigenvalue weighted by molar-refractivity contribution is -0.132. The van der Waals surface area contributed by atoms with Crippen molar-refractivity contribution in [2.75, 3.05) is 39.3 Å². The van der Waals surface area contributed by atoms with Crippen LogP contribution in [-0.4, -0.2) is 61.0 Å². The van der Waals surface area contributed by atoms with Gasteiger partial charge in [-0.3, -0.25) is 9.69 Å². The molecule has 4 nitrogen and oxygen atoms in total. The van der Waals surface area contributed by atoms with Gasteiger partial charge in [0.15, 0.2) is 0 Å². The third kappa shape index (κ3) is 5.61. The molecule has 0 spiro atoms. The van der Waals surface area contributed by atoms with Crippen LogP contribution in [0.25, 0.3) is 0 Å². The molecule has 0 radical (unpaired) electrons. The van der Waals surface area contributed by atoms with E-state index in [1.807, 2.05) is 4.90 Å². The van der Waals surface area contributed by atoms with E-state index in [9.17, 15) is 4.79 Å². The van der Waals surface area contributed by atoms with E-state index in [1.54, 1.807) is 0 Å². The minimum absolute atomic E-state index is 0. The second-order valence-electron chi connectivity index (χ2n) is 7.45. The molecule has 0 aromatic rings. The number of nitrogens with one attached hydrogen (secondary N) is 1. The van der Waals surface area contributed by atoms with Crippen LogP contribution in [0.5, 0.6) is 0 Å². The molecule has 5 heteroatoms. The van der Waals surface area contributed by atoms with E-state index in [-0.39, 0.29) is 12.4 Å². The summed E-state index contributed by atoms with van der Waals surface area (Å²) in [5.74, 6) is 1.33. The topological polar surface area (TPSA) is 35.6 Å². The summed E-state index contributed by atoms with van der Waals surface area (Å²) < 4.78 is 0. The first-order valence-electron chi connectivity index (χ1n) is 9.55. The summed E-state index contributed by atoms with van der Waals surface area (Å²) in [6, 6.07) is 0.763. The number of nitrogens with zero attached hydrogens (tertiary/aromatic N) is 2. The van der Waals surface area contributed by atoms with Crippen LogP contribution in [0.15, 0.2) is 0 Å². The molecule has 0 aromatic carbocycles. The lowest BCUT2D eigenvalue weighted by Crippen LogP contribution is -2.47. The fourth-order valence-electron chi connectivity index (χ4n) is 4.58. The summed E-state index contributed by atoms with van der Waals surface area (Å²) >= 11 is 0. The molecule has 1 amide bonds. The van der Waals surface area contributed by atoms with E-state index in [4.69, 9.17) is 0 Å². The molecule has 2 aliphatic heterocycles. The molecule has 1 atom stereocenters. The van der Waals surface area contributed by atoms with Gasteiger partial charge in [-0.15, -0.1) is 12.4 Å². The van der Waals surface area contributed by atoms with E-state index >= 15 is 0 Å². The standard InChI is InChI=1S/C18H33N3O.ClH/c22-18(21-13-9-19-10-14-21)8-12-20-11-4-7-17(20)15-16-5-2-1-3-6-16;/h16-17,19H,1-15H2;1H.